The number of hydrogen-bond donors (Lipinski definition) is 2. The molecule has 6 atom stereocenters. The Morgan fingerprint density at radius 1 is 0.680 bits per heavy atom. The molecule has 4 heterocycles. The fraction of sp³-hybridized carbons (Fsp3) is 0.450. The Bertz CT molecular complexity index is 2170. The van der Waals surface area contributed by atoms with Crippen LogP contribution in [-0.2, 0) is 9.47 Å². The number of H-pyrrole nitrogens is 2. The molecule has 2 saturated carbocycles. The van der Waals surface area contributed by atoms with Gasteiger partial charge in [-0.2, -0.15) is 0 Å². The summed E-state index contributed by atoms with van der Waals surface area (Å²) in [6.45, 7) is 11.4. The molecule has 0 radical (unpaired) electrons. The van der Waals surface area contributed by atoms with Crippen LogP contribution >= 0.6 is 0 Å². The summed E-state index contributed by atoms with van der Waals surface area (Å²) in [4.78, 5) is 46.7. The van der Waals surface area contributed by atoms with E-state index in [0.717, 1.165) is 81.5 Å². The molecule has 2 aliphatic heterocycles. The molecule has 9 rings (SSSR count). The molecule has 50 heavy (non-hydrogen) atoms. The Kier molecular flexibility index (Phi) is 6.74. The summed E-state index contributed by atoms with van der Waals surface area (Å²) in [5.41, 5.74) is 4.97. The molecule has 2 aliphatic carbocycles. The van der Waals surface area contributed by atoms with E-state index in [1.165, 1.54) is 0 Å². The van der Waals surface area contributed by atoms with E-state index in [1.54, 1.807) is 0 Å². The van der Waals surface area contributed by atoms with Gasteiger partial charge in [-0.05, 0) is 125 Å². The first-order chi connectivity index (χ1) is 23.8. The lowest BCUT2D eigenvalue weighted by Gasteiger charge is -2.29. The third-order valence-electron chi connectivity index (χ3n) is 10.6. The number of rotatable bonds is 4. The fourth-order valence-corrected chi connectivity index (χ4v) is 8.17. The molecule has 4 aliphatic rings. The Hall–Kier alpha value is -4.86. The maximum absolute atomic E-state index is 13.1. The van der Waals surface area contributed by atoms with Crippen LogP contribution < -0.4 is 0 Å². The molecule has 0 bridgehead atoms. The fourth-order valence-electron chi connectivity index (χ4n) is 8.17. The van der Waals surface area contributed by atoms with Gasteiger partial charge in [0.25, 0.3) is 0 Å². The first-order valence-corrected chi connectivity index (χ1v) is 17.9. The summed E-state index contributed by atoms with van der Waals surface area (Å²) in [6.07, 6.45) is 5.27. The Labute approximate surface area is 291 Å². The number of imidazole rings is 2. The maximum Gasteiger partial charge on any atom is 0.411 e. The van der Waals surface area contributed by atoms with Crippen LogP contribution in [0, 0.1) is 11.8 Å². The number of fused-ring (bicyclic) bond motifs is 4. The van der Waals surface area contributed by atoms with E-state index in [4.69, 9.17) is 19.4 Å². The topological polar surface area (TPSA) is 116 Å². The van der Waals surface area contributed by atoms with Gasteiger partial charge in [0, 0.05) is 17.6 Å². The van der Waals surface area contributed by atoms with Crippen LogP contribution in [0.25, 0.3) is 44.2 Å². The summed E-state index contributed by atoms with van der Waals surface area (Å²) < 4.78 is 11.5. The van der Waals surface area contributed by atoms with Crippen molar-refractivity contribution < 1.29 is 19.1 Å². The van der Waals surface area contributed by atoms with Crippen LogP contribution in [-0.4, -0.2) is 65.2 Å². The molecule has 2 saturated heterocycles. The SMILES string of the molecule is CC(C)(C)OC(=O)N1C(c2ncc(-c3ccc4cc(-c5ccc6nc([C@@H]7C[C@@H]8C[C@H]8N7C(=O)OC(C)(C)C)[nH]c6c5)ccc4c3)[nH]2)CC2CC21. The van der Waals surface area contributed by atoms with Gasteiger partial charge in [-0.3, -0.25) is 9.80 Å². The van der Waals surface area contributed by atoms with Gasteiger partial charge < -0.3 is 19.4 Å². The second-order valence-corrected chi connectivity index (χ2v) is 16.7. The molecule has 10 nitrogen and oxygen atoms in total. The maximum atomic E-state index is 13.1. The van der Waals surface area contributed by atoms with Gasteiger partial charge in [-0.1, -0.05) is 30.3 Å². The van der Waals surface area contributed by atoms with E-state index >= 15 is 0 Å². The molecule has 3 aromatic carbocycles. The number of aromatic amines is 2. The van der Waals surface area contributed by atoms with Gasteiger partial charge in [0.1, 0.15) is 22.9 Å². The average Bonchev–Trinajstić information content (AvgIpc) is 3.67. The second kappa shape index (κ2) is 10.8. The van der Waals surface area contributed by atoms with Crippen molar-refractivity contribution in [1.29, 1.82) is 0 Å². The summed E-state index contributed by atoms with van der Waals surface area (Å²) in [5, 5.41) is 2.27. The quantitative estimate of drug-likeness (QED) is 0.197. The lowest BCUT2D eigenvalue weighted by Crippen LogP contribution is -2.38. The lowest BCUT2D eigenvalue weighted by atomic mass is 9.99. The Morgan fingerprint density at radius 3 is 1.84 bits per heavy atom. The van der Waals surface area contributed by atoms with Crippen LogP contribution in [0.1, 0.15) is 91.0 Å². The summed E-state index contributed by atoms with van der Waals surface area (Å²) >= 11 is 0. The van der Waals surface area contributed by atoms with Gasteiger partial charge in [0.15, 0.2) is 0 Å². The Morgan fingerprint density at radius 2 is 1.22 bits per heavy atom. The van der Waals surface area contributed by atoms with Crippen molar-refractivity contribution in [1.82, 2.24) is 29.7 Å². The molecular weight excluding hydrogens is 628 g/mol. The number of hydrogen-bond acceptors (Lipinski definition) is 6. The third-order valence-corrected chi connectivity index (χ3v) is 10.6. The van der Waals surface area contributed by atoms with Crippen LogP contribution in [0.15, 0.2) is 60.8 Å². The molecule has 2 amide bonds. The zero-order chi connectivity index (χ0) is 34.7. The zero-order valence-electron chi connectivity index (χ0n) is 29.5. The number of amides is 2. The van der Waals surface area contributed by atoms with Gasteiger partial charge in [0.2, 0.25) is 0 Å². The number of carbonyl (C=O) groups excluding carboxylic acids is 2. The van der Waals surface area contributed by atoms with Gasteiger partial charge in [-0.25, -0.2) is 19.6 Å². The van der Waals surface area contributed by atoms with E-state index < -0.39 is 11.2 Å². The molecule has 5 aromatic rings. The lowest BCUT2D eigenvalue weighted by molar-refractivity contribution is 0.0164. The number of aromatic nitrogens is 4. The van der Waals surface area contributed by atoms with Crippen molar-refractivity contribution in [2.45, 2.75) is 103 Å². The first-order valence-electron chi connectivity index (χ1n) is 17.9. The molecule has 258 valence electrons. The van der Waals surface area contributed by atoms with Crippen molar-refractivity contribution in [3.8, 4) is 22.4 Å². The minimum absolute atomic E-state index is 0.0960. The van der Waals surface area contributed by atoms with Crippen molar-refractivity contribution in [2.75, 3.05) is 0 Å². The highest BCUT2D eigenvalue weighted by molar-refractivity contribution is 5.92. The zero-order valence-corrected chi connectivity index (χ0v) is 29.5. The van der Waals surface area contributed by atoms with Crippen molar-refractivity contribution in [2.24, 2.45) is 11.8 Å². The van der Waals surface area contributed by atoms with Gasteiger partial charge >= 0.3 is 12.2 Å². The molecule has 4 fully saturated rings. The van der Waals surface area contributed by atoms with Gasteiger partial charge in [0.05, 0.1) is 35.0 Å². The summed E-state index contributed by atoms with van der Waals surface area (Å²) in [7, 11) is 0. The average molecular weight is 673 g/mol. The van der Waals surface area contributed by atoms with E-state index in [1.807, 2.05) is 57.5 Å². The molecular formula is C40H44N6O4. The standard InChI is InChI=1S/C40H44N6O4/c1-39(2,3)49-37(47)45-31-16-26(31)18-33(45)35-41-20-30(44-35)25-10-9-21-13-22(7-8-23(21)14-25)24-11-12-28-29(15-24)43-36(42-28)34-19-27-17-32(27)46(34)38(48)50-40(4,5)6/h7-15,20,26-27,31-34H,16-19H2,1-6H3,(H,41,44)(H,42,43)/t26?,27-,31?,32+,33?,34-/m0/s1. The van der Waals surface area contributed by atoms with Crippen molar-refractivity contribution >= 4 is 34.0 Å². The highest BCUT2D eigenvalue weighted by Crippen LogP contribution is 2.54. The minimum Gasteiger partial charge on any atom is -0.444 e. The van der Waals surface area contributed by atoms with E-state index in [-0.39, 0.29) is 36.4 Å². The number of benzene rings is 3. The number of nitrogens with one attached hydrogen (secondary N) is 2. The largest absolute Gasteiger partial charge is 0.444 e. The van der Waals surface area contributed by atoms with E-state index in [2.05, 4.69) is 64.6 Å². The number of ether oxygens (including phenoxy) is 2. The summed E-state index contributed by atoms with van der Waals surface area (Å²) in [6, 6.07) is 19.6. The van der Waals surface area contributed by atoms with Crippen LogP contribution in [0.3, 0.4) is 0 Å². The second-order valence-electron chi connectivity index (χ2n) is 16.7. The number of carbonyl (C=O) groups is 2. The predicted molar refractivity (Wildman–Crippen MR) is 191 cm³/mol. The van der Waals surface area contributed by atoms with Crippen LogP contribution in [0.5, 0.6) is 0 Å². The highest BCUT2D eigenvalue weighted by Gasteiger charge is 2.57. The predicted octanol–water partition coefficient (Wildman–Crippen LogP) is 8.91. The molecule has 2 aromatic heterocycles. The first kappa shape index (κ1) is 31.1. The molecule has 3 unspecified atom stereocenters. The molecule has 0 spiro atoms. The van der Waals surface area contributed by atoms with Crippen LogP contribution in [0.4, 0.5) is 9.59 Å². The third kappa shape index (κ3) is 5.58. The monoisotopic (exact) mass is 672 g/mol. The van der Waals surface area contributed by atoms with E-state index in [9.17, 15) is 9.59 Å². The number of nitrogens with zero attached hydrogens (tertiary/aromatic N) is 4. The van der Waals surface area contributed by atoms with Gasteiger partial charge in [-0.15, -0.1) is 0 Å². The van der Waals surface area contributed by atoms with Crippen molar-refractivity contribution in [3.05, 3.63) is 72.4 Å². The smallest absolute Gasteiger partial charge is 0.411 e. The normalized spacial score (nSPS) is 25.6. The number of piperidine rings is 2. The Balaban J connectivity index is 0.937. The molecule has 10 heteroatoms. The summed E-state index contributed by atoms with van der Waals surface area (Å²) in [5.74, 6) is 2.69. The van der Waals surface area contributed by atoms with Crippen molar-refractivity contribution in [3.63, 3.8) is 0 Å². The molecule has 2 N–H and O–H groups in total. The number of likely N-dealkylation sites (tertiary alicyclic amines) is 2. The van der Waals surface area contributed by atoms with E-state index in [0.29, 0.717) is 11.8 Å². The van der Waals surface area contributed by atoms with Crippen LogP contribution in [0.2, 0.25) is 0 Å². The highest BCUT2D eigenvalue weighted by atomic mass is 16.6. The minimum atomic E-state index is -0.538.